The van der Waals surface area contributed by atoms with Crippen molar-refractivity contribution in [2.24, 2.45) is 23.2 Å². The summed E-state index contributed by atoms with van der Waals surface area (Å²) < 4.78 is 5.62. The van der Waals surface area contributed by atoms with Gasteiger partial charge in [-0.15, -0.1) is 0 Å². The fraction of sp³-hybridized carbons (Fsp3) is 0.895. The summed E-state index contributed by atoms with van der Waals surface area (Å²) in [5, 5.41) is 3.32. The molecule has 0 aliphatic heterocycles. The molecule has 0 spiro atoms. The van der Waals surface area contributed by atoms with Crippen molar-refractivity contribution in [2.45, 2.75) is 77.4 Å². The smallest absolute Gasteiger partial charge is 0.223 e. The molecule has 5 atom stereocenters. The molecule has 0 aromatic heterocycles. The third-order valence-corrected chi connectivity index (χ3v) is 7.12. The highest BCUT2D eigenvalue weighted by molar-refractivity contribution is 5.88. The van der Waals surface area contributed by atoms with Gasteiger partial charge in [-0.2, -0.15) is 0 Å². The Hall–Kier alpha value is -0.900. The molecule has 3 saturated carbocycles. The number of Topliss-reactive ketones (excluding diaryl/α,β-unsaturated/α-hetero) is 1. The fourth-order valence-electron chi connectivity index (χ4n) is 5.46. The summed E-state index contributed by atoms with van der Waals surface area (Å²) in [6.07, 6.45) is 7.91. The van der Waals surface area contributed by atoms with E-state index in [1.54, 1.807) is 7.11 Å². The van der Waals surface area contributed by atoms with Crippen LogP contribution in [0.4, 0.5) is 0 Å². The number of hydrogen-bond acceptors (Lipinski definition) is 3. The molecule has 4 heteroatoms. The van der Waals surface area contributed by atoms with E-state index in [0.29, 0.717) is 5.78 Å². The number of carbonyl (C=O) groups excluding carboxylic acids is 2. The molecule has 4 nitrogen and oxygen atoms in total. The van der Waals surface area contributed by atoms with Gasteiger partial charge in [-0.05, 0) is 44.9 Å². The van der Waals surface area contributed by atoms with E-state index in [-0.39, 0.29) is 41.2 Å². The number of hydrogen-bond donors (Lipinski definition) is 1. The van der Waals surface area contributed by atoms with Crippen LogP contribution in [0.15, 0.2) is 0 Å². The minimum Gasteiger partial charge on any atom is -0.381 e. The van der Waals surface area contributed by atoms with Gasteiger partial charge in [-0.3, -0.25) is 9.59 Å². The Morgan fingerprint density at radius 1 is 1.17 bits per heavy atom. The molecule has 0 aromatic carbocycles. The maximum atomic E-state index is 12.8. The molecule has 130 valence electrons. The molecule has 0 saturated heterocycles. The first-order chi connectivity index (χ1) is 11.1. The summed E-state index contributed by atoms with van der Waals surface area (Å²) in [6, 6.07) is 0.229. The van der Waals surface area contributed by atoms with E-state index in [2.05, 4.69) is 19.2 Å². The molecule has 1 unspecified atom stereocenters. The summed E-state index contributed by atoms with van der Waals surface area (Å²) >= 11 is 0. The Labute approximate surface area is 139 Å². The number of carbonyl (C=O) groups is 2. The highest BCUT2D eigenvalue weighted by Crippen LogP contribution is 2.49. The van der Waals surface area contributed by atoms with Crippen LogP contribution in [-0.2, 0) is 14.3 Å². The average molecular weight is 321 g/mol. The second kappa shape index (κ2) is 6.54. The topological polar surface area (TPSA) is 55.4 Å². The number of ketones is 1. The lowest BCUT2D eigenvalue weighted by atomic mass is 9.58. The van der Waals surface area contributed by atoms with Crippen molar-refractivity contribution >= 4 is 11.7 Å². The van der Waals surface area contributed by atoms with Gasteiger partial charge in [0.15, 0.2) is 0 Å². The van der Waals surface area contributed by atoms with Crippen molar-refractivity contribution < 1.29 is 14.3 Å². The van der Waals surface area contributed by atoms with Gasteiger partial charge in [0.2, 0.25) is 5.91 Å². The van der Waals surface area contributed by atoms with E-state index in [0.717, 1.165) is 51.4 Å². The first-order valence-corrected chi connectivity index (χ1v) is 9.42. The van der Waals surface area contributed by atoms with E-state index < -0.39 is 0 Å². The Balaban J connectivity index is 1.63. The summed E-state index contributed by atoms with van der Waals surface area (Å²) in [7, 11) is 1.77. The molecule has 3 aliphatic rings. The highest BCUT2D eigenvalue weighted by Gasteiger charge is 2.54. The average Bonchev–Trinajstić information content (AvgIpc) is 2.52. The van der Waals surface area contributed by atoms with E-state index >= 15 is 0 Å². The van der Waals surface area contributed by atoms with E-state index in [1.165, 1.54) is 0 Å². The zero-order chi connectivity index (χ0) is 16.6. The molecule has 0 aromatic rings. The second-order valence-electron chi connectivity index (χ2n) is 7.86. The van der Waals surface area contributed by atoms with Crippen molar-refractivity contribution in [3.8, 4) is 0 Å². The number of methoxy groups -OCH3 is 1. The minimum atomic E-state index is 0.0380. The number of nitrogens with one attached hydrogen (secondary N) is 1. The number of ether oxygens (including phenoxy) is 1. The lowest BCUT2D eigenvalue weighted by Crippen LogP contribution is -2.65. The van der Waals surface area contributed by atoms with Crippen molar-refractivity contribution in [1.82, 2.24) is 5.32 Å². The molecule has 0 radical (unpaired) electrons. The number of amides is 1. The predicted molar refractivity (Wildman–Crippen MR) is 88.9 cm³/mol. The van der Waals surface area contributed by atoms with Gasteiger partial charge in [-0.1, -0.05) is 20.3 Å². The SMILES string of the molecule is CCC1(CC)[C@@H](OC)C[C@H]1NC(=O)C1C[C@H]2CCC[C@@H](C1)C2=O. The van der Waals surface area contributed by atoms with Crippen LogP contribution in [-0.4, -0.2) is 30.9 Å². The van der Waals surface area contributed by atoms with Gasteiger partial charge in [0.25, 0.3) is 0 Å². The summed E-state index contributed by atoms with van der Waals surface area (Å²) in [5.74, 6) is 0.943. The minimum absolute atomic E-state index is 0.0380. The molecule has 3 fully saturated rings. The summed E-state index contributed by atoms with van der Waals surface area (Å²) in [5.41, 5.74) is 0.0881. The Morgan fingerprint density at radius 3 is 2.30 bits per heavy atom. The van der Waals surface area contributed by atoms with Crippen LogP contribution in [0.25, 0.3) is 0 Å². The van der Waals surface area contributed by atoms with Crippen molar-refractivity contribution in [2.75, 3.05) is 7.11 Å². The highest BCUT2D eigenvalue weighted by atomic mass is 16.5. The van der Waals surface area contributed by atoms with Crippen LogP contribution in [0.2, 0.25) is 0 Å². The van der Waals surface area contributed by atoms with Crippen molar-refractivity contribution in [3.05, 3.63) is 0 Å². The maximum Gasteiger partial charge on any atom is 0.223 e. The van der Waals surface area contributed by atoms with Gasteiger partial charge < -0.3 is 10.1 Å². The van der Waals surface area contributed by atoms with Crippen LogP contribution in [0, 0.1) is 23.2 Å². The van der Waals surface area contributed by atoms with Gasteiger partial charge in [0, 0.05) is 36.3 Å². The van der Waals surface area contributed by atoms with Gasteiger partial charge in [-0.25, -0.2) is 0 Å². The van der Waals surface area contributed by atoms with Crippen LogP contribution < -0.4 is 5.32 Å². The Kier molecular flexibility index (Phi) is 4.82. The summed E-state index contributed by atoms with van der Waals surface area (Å²) in [4.78, 5) is 25.0. The van der Waals surface area contributed by atoms with Gasteiger partial charge >= 0.3 is 0 Å². The maximum absolute atomic E-state index is 12.8. The van der Waals surface area contributed by atoms with Crippen LogP contribution in [0.1, 0.15) is 65.2 Å². The fourth-order valence-corrected chi connectivity index (χ4v) is 5.46. The zero-order valence-electron chi connectivity index (χ0n) is 14.8. The van der Waals surface area contributed by atoms with E-state index in [4.69, 9.17) is 4.74 Å². The monoisotopic (exact) mass is 321 g/mol. The Morgan fingerprint density at radius 2 is 1.78 bits per heavy atom. The molecule has 0 heterocycles. The predicted octanol–water partition coefficient (Wildman–Crippen LogP) is 3.09. The lowest BCUT2D eigenvalue weighted by Gasteiger charge is -2.55. The number of rotatable bonds is 5. The second-order valence-corrected chi connectivity index (χ2v) is 7.86. The quantitative estimate of drug-likeness (QED) is 0.846. The third kappa shape index (κ3) is 2.73. The van der Waals surface area contributed by atoms with Crippen LogP contribution in [0.3, 0.4) is 0 Å². The first-order valence-electron chi connectivity index (χ1n) is 9.42. The van der Waals surface area contributed by atoms with Crippen LogP contribution in [0.5, 0.6) is 0 Å². The molecule has 3 aliphatic carbocycles. The Bertz CT molecular complexity index is 455. The first kappa shape index (κ1) is 16.9. The molecule has 3 rings (SSSR count). The van der Waals surface area contributed by atoms with E-state index in [9.17, 15) is 9.59 Å². The standard InChI is InChI=1S/C19H31NO3/c1-4-19(5-2)15(11-16(19)23-3)20-18(22)14-9-12-7-6-8-13(10-14)17(12)21/h12-16H,4-11H2,1-3H3,(H,20,22)/t12-,13+,14?,15-,16+/m1/s1. The zero-order valence-corrected chi connectivity index (χ0v) is 14.8. The van der Waals surface area contributed by atoms with Crippen molar-refractivity contribution in [1.29, 1.82) is 0 Å². The van der Waals surface area contributed by atoms with E-state index in [1.807, 2.05) is 0 Å². The molecule has 2 bridgehead atoms. The molecule has 1 N–H and O–H groups in total. The van der Waals surface area contributed by atoms with Crippen LogP contribution >= 0.6 is 0 Å². The number of fused-ring (bicyclic) bond motifs is 2. The van der Waals surface area contributed by atoms with Crippen molar-refractivity contribution in [3.63, 3.8) is 0 Å². The van der Waals surface area contributed by atoms with Gasteiger partial charge in [0.1, 0.15) is 5.78 Å². The molecule has 23 heavy (non-hydrogen) atoms. The molecular weight excluding hydrogens is 290 g/mol. The van der Waals surface area contributed by atoms with Gasteiger partial charge in [0.05, 0.1) is 6.10 Å². The molecule has 1 amide bonds. The normalized spacial score (nSPS) is 38.7. The largest absolute Gasteiger partial charge is 0.381 e. The molecular formula is C19H31NO3. The lowest BCUT2D eigenvalue weighted by molar-refractivity contribution is -0.147. The third-order valence-electron chi connectivity index (χ3n) is 7.12. The summed E-state index contributed by atoms with van der Waals surface area (Å²) in [6.45, 7) is 4.38.